The number of carbonyl (C=O) groups excluding carboxylic acids is 1. The standard InChI is InChI=1S/C22H24N2O/c1-4-5-14-24-21(16-10-6-7-11-17(16)22(24)25)20-15(2)23(3)19-13-9-8-12-18(19)20/h6-13,21H,4-5,14H2,1-3H3. The van der Waals surface area contributed by atoms with Crippen molar-refractivity contribution in [3.63, 3.8) is 0 Å². The second-order valence-corrected chi connectivity index (χ2v) is 6.92. The first-order chi connectivity index (χ1) is 12.1. The molecule has 4 rings (SSSR count). The van der Waals surface area contributed by atoms with Crippen molar-refractivity contribution in [3.8, 4) is 0 Å². The van der Waals surface area contributed by atoms with Gasteiger partial charge in [0.25, 0.3) is 5.91 Å². The second kappa shape index (κ2) is 6.07. The Labute approximate surface area is 148 Å². The van der Waals surface area contributed by atoms with E-state index in [4.69, 9.17) is 0 Å². The van der Waals surface area contributed by atoms with Crippen molar-refractivity contribution in [1.82, 2.24) is 9.47 Å². The van der Waals surface area contributed by atoms with Crippen LogP contribution < -0.4 is 0 Å². The molecule has 0 spiro atoms. The lowest BCUT2D eigenvalue weighted by Crippen LogP contribution is -2.30. The lowest BCUT2D eigenvalue weighted by molar-refractivity contribution is 0.0747. The van der Waals surface area contributed by atoms with Crippen LogP contribution in [0.5, 0.6) is 0 Å². The number of aryl methyl sites for hydroxylation is 1. The van der Waals surface area contributed by atoms with Crippen LogP contribution in [0.15, 0.2) is 48.5 Å². The Hall–Kier alpha value is -2.55. The van der Waals surface area contributed by atoms with Crippen LogP contribution in [0.2, 0.25) is 0 Å². The van der Waals surface area contributed by atoms with E-state index in [2.05, 4.69) is 60.7 Å². The van der Waals surface area contributed by atoms with Gasteiger partial charge in [-0.2, -0.15) is 0 Å². The highest BCUT2D eigenvalue weighted by Gasteiger charge is 2.39. The number of amides is 1. The fourth-order valence-corrected chi connectivity index (χ4v) is 4.14. The van der Waals surface area contributed by atoms with Crippen LogP contribution in [0.25, 0.3) is 10.9 Å². The molecule has 1 aliphatic heterocycles. The average molecular weight is 332 g/mol. The van der Waals surface area contributed by atoms with Gasteiger partial charge in [0.15, 0.2) is 0 Å². The van der Waals surface area contributed by atoms with Crippen molar-refractivity contribution >= 4 is 16.8 Å². The monoisotopic (exact) mass is 332 g/mol. The van der Waals surface area contributed by atoms with Crippen LogP contribution >= 0.6 is 0 Å². The summed E-state index contributed by atoms with van der Waals surface area (Å²) in [6.07, 6.45) is 2.11. The molecule has 0 saturated heterocycles. The SMILES string of the molecule is CCCCN1C(=O)c2ccccc2C1c1c(C)n(C)c2ccccc12. The normalized spacial score (nSPS) is 16.7. The average Bonchev–Trinajstić information content (AvgIpc) is 3.06. The molecule has 0 radical (unpaired) electrons. The van der Waals surface area contributed by atoms with Crippen LogP contribution in [0.1, 0.15) is 53.0 Å². The summed E-state index contributed by atoms with van der Waals surface area (Å²) in [4.78, 5) is 15.1. The zero-order valence-electron chi connectivity index (χ0n) is 15.1. The molecule has 25 heavy (non-hydrogen) atoms. The van der Waals surface area contributed by atoms with E-state index in [1.807, 2.05) is 18.2 Å². The molecule has 2 heterocycles. The fraction of sp³-hybridized carbons (Fsp3) is 0.318. The number of hydrogen-bond acceptors (Lipinski definition) is 1. The molecule has 0 saturated carbocycles. The maximum absolute atomic E-state index is 13.1. The van der Waals surface area contributed by atoms with Gasteiger partial charge in [0.05, 0.1) is 6.04 Å². The molecule has 0 fully saturated rings. The smallest absolute Gasteiger partial charge is 0.255 e. The predicted molar refractivity (Wildman–Crippen MR) is 102 cm³/mol. The quantitative estimate of drug-likeness (QED) is 0.671. The number of rotatable bonds is 4. The summed E-state index contributed by atoms with van der Waals surface area (Å²) in [5, 5.41) is 1.25. The summed E-state index contributed by atoms with van der Waals surface area (Å²) in [5.74, 6) is 0.168. The summed E-state index contributed by atoms with van der Waals surface area (Å²) in [6, 6.07) is 16.6. The van der Waals surface area contributed by atoms with E-state index in [1.165, 1.54) is 22.2 Å². The van der Waals surface area contributed by atoms with Crippen molar-refractivity contribution in [3.05, 3.63) is 70.9 Å². The van der Waals surface area contributed by atoms with Crippen molar-refractivity contribution in [2.75, 3.05) is 6.54 Å². The summed E-state index contributed by atoms with van der Waals surface area (Å²) in [7, 11) is 2.11. The third kappa shape index (κ3) is 2.30. The number of aromatic nitrogens is 1. The molecule has 0 aliphatic carbocycles. The number of nitrogens with zero attached hydrogens (tertiary/aromatic N) is 2. The molecule has 1 aromatic heterocycles. The number of unbranched alkanes of at least 4 members (excludes halogenated alkanes) is 1. The maximum Gasteiger partial charge on any atom is 0.255 e. The topological polar surface area (TPSA) is 25.2 Å². The van der Waals surface area contributed by atoms with Crippen molar-refractivity contribution in [2.45, 2.75) is 32.7 Å². The molecule has 2 aromatic carbocycles. The lowest BCUT2D eigenvalue weighted by atomic mass is 9.95. The van der Waals surface area contributed by atoms with E-state index in [0.717, 1.165) is 30.5 Å². The Morgan fingerprint density at radius 3 is 2.56 bits per heavy atom. The number of benzene rings is 2. The number of para-hydroxylation sites is 1. The van der Waals surface area contributed by atoms with E-state index in [0.29, 0.717) is 0 Å². The third-order valence-electron chi connectivity index (χ3n) is 5.53. The Morgan fingerprint density at radius 2 is 1.76 bits per heavy atom. The Balaban J connectivity index is 1.96. The van der Waals surface area contributed by atoms with Crippen molar-refractivity contribution in [2.24, 2.45) is 7.05 Å². The molecule has 3 aromatic rings. The van der Waals surface area contributed by atoms with Crippen LogP contribution in [0.3, 0.4) is 0 Å². The number of carbonyl (C=O) groups is 1. The van der Waals surface area contributed by atoms with Gasteiger partial charge in [-0.25, -0.2) is 0 Å². The Morgan fingerprint density at radius 1 is 1.04 bits per heavy atom. The predicted octanol–water partition coefficient (Wildman–Crippen LogP) is 4.83. The highest BCUT2D eigenvalue weighted by molar-refractivity contribution is 6.01. The third-order valence-corrected chi connectivity index (χ3v) is 5.53. The van der Waals surface area contributed by atoms with Gasteiger partial charge >= 0.3 is 0 Å². The molecule has 0 N–H and O–H groups in total. The number of fused-ring (bicyclic) bond motifs is 2. The summed E-state index contributed by atoms with van der Waals surface area (Å²) in [6.45, 7) is 5.14. The van der Waals surface area contributed by atoms with E-state index in [-0.39, 0.29) is 11.9 Å². The minimum absolute atomic E-state index is 0.0151. The molecule has 1 atom stereocenters. The van der Waals surface area contributed by atoms with E-state index < -0.39 is 0 Å². The minimum atomic E-state index is 0.0151. The zero-order valence-corrected chi connectivity index (χ0v) is 15.1. The van der Waals surface area contributed by atoms with E-state index in [9.17, 15) is 4.79 Å². The van der Waals surface area contributed by atoms with Gasteiger partial charge in [0.1, 0.15) is 0 Å². The molecule has 0 bridgehead atoms. The second-order valence-electron chi connectivity index (χ2n) is 6.92. The van der Waals surface area contributed by atoms with Crippen LogP contribution in [0.4, 0.5) is 0 Å². The van der Waals surface area contributed by atoms with Gasteiger partial charge in [-0.3, -0.25) is 4.79 Å². The fourth-order valence-electron chi connectivity index (χ4n) is 4.14. The van der Waals surface area contributed by atoms with Gasteiger partial charge in [-0.05, 0) is 31.0 Å². The van der Waals surface area contributed by atoms with Crippen molar-refractivity contribution in [1.29, 1.82) is 0 Å². The molecule has 128 valence electrons. The first-order valence-electron chi connectivity index (χ1n) is 9.09. The summed E-state index contributed by atoms with van der Waals surface area (Å²) in [5.41, 5.74) is 5.73. The molecule has 1 unspecified atom stereocenters. The van der Waals surface area contributed by atoms with Crippen LogP contribution in [-0.4, -0.2) is 21.9 Å². The lowest BCUT2D eigenvalue weighted by Gasteiger charge is -2.26. The first kappa shape index (κ1) is 15.9. The molecule has 1 amide bonds. The highest BCUT2D eigenvalue weighted by atomic mass is 16.2. The van der Waals surface area contributed by atoms with Gasteiger partial charge in [-0.1, -0.05) is 49.7 Å². The summed E-state index contributed by atoms with van der Waals surface area (Å²) >= 11 is 0. The maximum atomic E-state index is 13.1. The molecule has 3 nitrogen and oxygen atoms in total. The Bertz CT molecular complexity index is 954. The van der Waals surface area contributed by atoms with Gasteiger partial charge in [0.2, 0.25) is 0 Å². The highest BCUT2D eigenvalue weighted by Crippen LogP contribution is 2.43. The van der Waals surface area contributed by atoms with E-state index in [1.54, 1.807) is 0 Å². The van der Waals surface area contributed by atoms with E-state index >= 15 is 0 Å². The molecule has 3 heteroatoms. The van der Waals surface area contributed by atoms with Gasteiger partial charge < -0.3 is 9.47 Å². The Kier molecular flexibility index (Phi) is 3.87. The molecule has 1 aliphatic rings. The largest absolute Gasteiger partial charge is 0.348 e. The van der Waals surface area contributed by atoms with Gasteiger partial charge in [-0.15, -0.1) is 0 Å². The van der Waals surface area contributed by atoms with Gasteiger partial charge in [0, 0.05) is 41.3 Å². The molecular formula is C22H24N2O. The number of hydrogen-bond donors (Lipinski definition) is 0. The first-order valence-corrected chi connectivity index (χ1v) is 9.09. The van der Waals surface area contributed by atoms with Crippen LogP contribution in [-0.2, 0) is 7.05 Å². The minimum Gasteiger partial charge on any atom is -0.348 e. The zero-order chi connectivity index (χ0) is 17.6. The summed E-state index contributed by atoms with van der Waals surface area (Å²) < 4.78 is 2.24. The van der Waals surface area contributed by atoms with Crippen molar-refractivity contribution < 1.29 is 4.79 Å². The van der Waals surface area contributed by atoms with Crippen LogP contribution in [0, 0.1) is 6.92 Å². The molecular weight excluding hydrogens is 308 g/mol.